The molecule has 1 aromatic carbocycles. The van der Waals surface area contributed by atoms with Crippen molar-refractivity contribution in [3.05, 3.63) is 52.1 Å². The standard InChI is InChI=1S/C18H22N6O3/c1-3-22-17(8-9-19-22)27-12-14-5-4-13(10-16(14)26-2)11-23-18(25)24(21-20-23)15-6-7-15/h4-5,8-10,15H,3,6-7,11-12H2,1-2H3. The van der Waals surface area contributed by atoms with Crippen LogP contribution in [0.4, 0.5) is 0 Å². The molecule has 0 spiro atoms. The molecule has 2 aromatic heterocycles. The van der Waals surface area contributed by atoms with Crippen LogP contribution in [0, 0.1) is 0 Å². The Balaban J connectivity index is 1.48. The Labute approximate surface area is 156 Å². The van der Waals surface area contributed by atoms with Gasteiger partial charge < -0.3 is 9.47 Å². The quantitative estimate of drug-likeness (QED) is 0.599. The topological polar surface area (TPSA) is 89.0 Å². The maximum absolute atomic E-state index is 12.3. The van der Waals surface area contributed by atoms with Crippen LogP contribution in [-0.4, -0.2) is 36.7 Å². The first kappa shape index (κ1) is 17.3. The maximum atomic E-state index is 12.3. The lowest BCUT2D eigenvalue weighted by Gasteiger charge is -2.12. The van der Waals surface area contributed by atoms with Gasteiger partial charge in [0.2, 0.25) is 5.88 Å². The minimum absolute atomic E-state index is 0.170. The van der Waals surface area contributed by atoms with Crippen molar-refractivity contribution in [2.45, 2.75) is 45.5 Å². The summed E-state index contributed by atoms with van der Waals surface area (Å²) in [6.45, 7) is 3.48. The number of hydrogen-bond acceptors (Lipinski definition) is 6. The predicted molar refractivity (Wildman–Crippen MR) is 96.9 cm³/mol. The van der Waals surface area contributed by atoms with Gasteiger partial charge in [-0.3, -0.25) is 0 Å². The van der Waals surface area contributed by atoms with Crippen molar-refractivity contribution in [2.24, 2.45) is 0 Å². The van der Waals surface area contributed by atoms with Crippen LogP contribution in [0.3, 0.4) is 0 Å². The van der Waals surface area contributed by atoms with Gasteiger partial charge in [-0.15, -0.1) is 0 Å². The zero-order valence-electron chi connectivity index (χ0n) is 15.4. The normalized spacial score (nSPS) is 13.7. The number of ether oxygens (including phenoxy) is 2. The molecule has 0 amide bonds. The number of aryl methyl sites for hydroxylation is 1. The molecule has 2 heterocycles. The summed E-state index contributed by atoms with van der Waals surface area (Å²) >= 11 is 0. The van der Waals surface area contributed by atoms with Crippen molar-refractivity contribution in [1.82, 2.24) is 29.6 Å². The highest BCUT2D eigenvalue weighted by molar-refractivity contribution is 5.37. The molecule has 0 atom stereocenters. The largest absolute Gasteiger partial charge is 0.496 e. The number of rotatable bonds is 8. The van der Waals surface area contributed by atoms with E-state index in [-0.39, 0.29) is 11.7 Å². The van der Waals surface area contributed by atoms with E-state index in [2.05, 4.69) is 15.5 Å². The molecule has 0 N–H and O–H groups in total. The van der Waals surface area contributed by atoms with Crippen LogP contribution in [0.1, 0.15) is 36.9 Å². The van der Waals surface area contributed by atoms with Crippen molar-refractivity contribution >= 4 is 0 Å². The summed E-state index contributed by atoms with van der Waals surface area (Å²) in [6, 6.07) is 7.84. The van der Waals surface area contributed by atoms with E-state index in [0.717, 1.165) is 30.5 Å². The SMILES string of the molecule is CCn1nccc1OCc1ccc(Cn2nnn(C3CC3)c2=O)cc1OC. The summed E-state index contributed by atoms with van der Waals surface area (Å²) in [5, 5.41) is 12.1. The van der Waals surface area contributed by atoms with Crippen molar-refractivity contribution in [3.63, 3.8) is 0 Å². The molecular weight excluding hydrogens is 348 g/mol. The number of tetrazole rings is 1. The Bertz CT molecular complexity index is 985. The molecule has 0 bridgehead atoms. The Morgan fingerprint density at radius 3 is 2.78 bits per heavy atom. The minimum Gasteiger partial charge on any atom is -0.496 e. The van der Waals surface area contributed by atoms with Gasteiger partial charge in [0.15, 0.2) is 0 Å². The van der Waals surface area contributed by atoms with Gasteiger partial charge in [0.1, 0.15) is 12.4 Å². The van der Waals surface area contributed by atoms with Gasteiger partial charge in [-0.05, 0) is 41.8 Å². The fourth-order valence-corrected chi connectivity index (χ4v) is 2.95. The van der Waals surface area contributed by atoms with E-state index in [1.54, 1.807) is 18.0 Å². The van der Waals surface area contributed by atoms with Gasteiger partial charge >= 0.3 is 5.69 Å². The zero-order valence-corrected chi connectivity index (χ0v) is 15.4. The molecule has 1 aliphatic rings. The fourth-order valence-electron chi connectivity index (χ4n) is 2.95. The minimum atomic E-state index is -0.170. The van der Waals surface area contributed by atoms with E-state index in [4.69, 9.17) is 9.47 Å². The van der Waals surface area contributed by atoms with Gasteiger partial charge in [0, 0.05) is 18.2 Å². The molecule has 3 aromatic rings. The Morgan fingerprint density at radius 2 is 2.04 bits per heavy atom. The van der Waals surface area contributed by atoms with Crippen LogP contribution in [-0.2, 0) is 19.7 Å². The third kappa shape index (κ3) is 3.57. The summed E-state index contributed by atoms with van der Waals surface area (Å²) in [6.07, 6.45) is 3.71. The molecule has 4 rings (SSSR count). The number of hydrogen-bond donors (Lipinski definition) is 0. The van der Waals surface area contributed by atoms with Gasteiger partial charge in [-0.2, -0.15) is 14.5 Å². The number of nitrogens with zero attached hydrogens (tertiary/aromatic N) is 6. The Kier molecular flexibility index (Phi) is 4.66. The molecule has 0 saturated heterocycles. The molecule has 27 heavy (non-hydrogen) atoms. The summed E-state index contributed by atoms with van der Waals surface area (Å²) in [5.41, 5.74) is 1.66. The van der Waals surface area contributed by atoms with Crippen molar-refractivity contribution in [2.75, 3.05) is 7.11 Å². The van der Waals surface area contributed by atoms with Crippen LogP contribution in [0.25, 0.3) is 0 Å². The lowest BCUT2D eigenvalue weighted by atomic mass is 10.1. The number of aromatic nitrogens is 6. The zero-order chi connectivity index (χ0) is 18.8. The molecule has 1 fully saturated rings. The lowest BCUT2D eigenvalue weighted by Crippen LogP contribution is -2.25. The van der Waals surface area contributed by atoms with Gasteiger partial charge in [0.25, 0.3) is 0 Å². The number of methoxy groups -OCH3 is 1. The molecule has 0 aliphatic heterocycles. The molecule has 142 valence electrons. The van der Waals surface area contributed by atoms with Gasteiger partial charge in [0.05, 0.1) is 25.9 Å². The molecule has 1 aliphatic carbocycles. The second kappa shape index (κ2) is 7.26. The van der Waals surface area contributed by atoms with Crippen molar-refractivity contribution < 1.29 is 9.47 Å². The third-order valence-corrected chi connectivity index (χ3v) is 4.59. The summed E-state index contributed by atoms with van der Waals surface area (Å²) < 4.78 is 16.0. The Morgan fingerprint density at radius 1 is 1.19 bits per heavy atom. The molecule has 9 nitrogen and oxygen atoms in total. The van der Waals surface area contributed by atoms with E-state index in [1.165, 1.54) is 9.36 Å². The van der Waals surface area contributed by atoms with Crippen LogP contribution in [0.15, 0.2) is 35.3 Å². The average Bonchev–Trinajstić information content (AvgIpc) is 3.32. The lowest BCUT2D eigenvalue weighted by molar-refractivity contribution is 0.267. The first-order valence-corrected chi connectivity index (χ1v) is 9.02. The predicted octanol–water partition coefficient (Wildman–Crippen LogP) is 1.63. The first-order chi connectivity index (χ1) is 13.2. The monoisotopic (exact) mass is 370 g/mol. The highest BCUT2D eigenvalue weighted by Crippen LogP contribution is 2.32. The average molecular weight is 370 g/mol. The van der Waals surface area contributed by atoms with E-state index in [0.29, 0.717) is 24.8 Å². The van der Waals surface area contributed by atoms with E-state index >= 15 is 0 Å². The van der Waals surface area contributed by atoms with E-state index in [9.17, 15) is 4.79 Å². The molecule has 1 saturated carbocycles. The summed E-state index contributed by atoms with van der Waals surface area (Å²) in [7, 11) is 1.62. The molecule has 0 unspecified atom stereocenters. The highest BCUT2D eigenvalue weighted by Gasteiger charge is 2.27. The second-order valence-electron chi connectivity index (χ2n) is 6.51. The maximum Gasteiger partial charge on any atom is 0.364 e. The van der Waals surface area contributed by atoms with E-state index in [1.807, 2.05) is 31.2 Å². The molecular formula is C18H22N6O3. The van der Waals surface area contributed by atoms with Gasteiger partial charge in [-0.1, -0.05) is 12.1 Å². The smallest absolute Gasteiger partial charge is 0.364 e. The third-order valence-electron chi connectivity index (χ3n) is 4.59. The molecule has 9 heteroatoms. The highest BCUT2D eigenvalue weighted by atomic mass is 16.5. The summed E-state index contributed by atoms with van der Waals surface area (Å²) in [4.78, 5) is 12.3. The van der Waals surface area contributed by atoms with Crippen molar-refractivity contribution in [3.8, 4) is 11.6 Å². The van der Waals surface area contributed by atoms with E-state index < -0.39 is 0 Å². The second-order valence-corrected chi connectivity index (χ2v) is 6.51. The fraction of sp³-hybridized carbons (Fsp3) is 0.444. The first-order valence-electron chi connectivity index (χ1n) is 9.02. The Hall–Kier alpha value is -3.10. The van der Waals surface area contributed by atoms with Crippen LogP contribution in [0.5, 0.6) is 11.6 Å². The van der Waals surface area contributed by atoms with Crippen LogP contribution in [0.2, 0.25) is 0 Å². The van der Waals surface area contributed by atoms with Gasteiger partial charge in [-0.25, -0.2) is 9.48 Å². The van der Waals surface area contributed by atoms with Crippen molar-refractivity contribution in [1.29, 1.82) is 0 Å². The summed E-state index contributed by atoms with van der Waals surface area (Å²) in [5.74, 6) is 1.42. The molecule has 0 radical (unpaired) electrons. The van der Waals surface area contributed by atoms with Crippen LogP contribution >= 0.6 is 0 Å². The number of benzene rings is 1. The van der Waals surface area contributed by atoms with Crippen LogP contribution < -0.4 is 15.2 Å².